The van der Waals surface area contributed by atoms with Crippen LogP contribution in [0.2, 0.25) is 0 Å². The fourth-order valence-electron chi connectivity index (χ4n) is 0.769. The minimum Gasteiger partial charge on any atom is -0.478 e. The summed E-state index contributed by atoms with van der Waals surface area (Å²) in [6, 6.07) is -1.85. The topological polar surface area (TPSA) is 122 Å². The van der Waals surface area contributed by atoms with Crippen LogP contribution in [0.1, 0.15) is 6.92 Å². The van der Waals surface area contributed by atoms with Gasteiger partial charge in [0.25, 0.3) is 5.91 Å². The van der Waals surface area contributed by atoms with E-state index in [-0.39, 0.29) is 0 Å². The number of esters is 1. The van der Waals surface area contributed by atoms with Crippen LogP contribution >= 0.6 is 0 Å². The smallest absolute Gasteiger partial charge is 0.328 e. The van der Waals surface area contributed by atoms with Gasteiger partial charge in [-0.2, -0.15) is 0 Å². The van der Waals surface area contributed by atoms with Gasteiger partial charge in [0.1, 0.15) is 6.04 Å². The Morgan fingerprint density at radius 2 is 1.82 bits per heavy atom. The summed E-state index contributed by atoms with van der Waals surface area (Å²) in [5.74, 6) is -2.90. The van der Waals surface area contributed by atoms with Crippen LogP contribution < -0.4 is 10.6 Å². The van der Waals surface area contributed by atoms with Crippen LogP contribution in [-0.2, 0) is 19.1 Å². The molecule has 3 amide bonds. The number of carboxylic acids is 1. The Hall–Kier alpha value is -2.38. The van der Waals surface area contributed by atoms with Crippen molar-refractivity contribution >= 4 is 23.9 Å². The highest BCUT2D eigenvalue weighted by molar-refractivity contribution is 6.03. The van der Waals surface area contributed by atoms with Crippen molar-refractivity contribution in [3.63, 3.8) is 0 Å². The number of hydrogen-bond donors (Lipinski definition) is 3. The van der Waals surface area contributed by atoms with Crippen LogP contribution in [0, 0.1) is 0 Å². The van der Waals surface area contributed by atoms with Crippen molar-refractivity contribution in [3.8, 4) is 0 Å². The SMILES string of the molecule is COC(=O)C(C)NC(=O)NC(=O)/C=C/C(=O)O. The summed E-state index contributed by atoms with van der Waals surface area (Å²) in [5.41, 5.74) is 0. The van der Waals surface area contributed by atoms with Crippen molar-refractivity contribution < 1.29 is 29.0 Å². The van der Waals surface area contributed by atoms with Crippen molar-refractivity contribution in [1.29, 1.82) is 0 Å². The number of methoxy groups -OCH3 is 1. The van der Waals surface area contributed by atoms with Crippen LogP contribution in [0.5, 0.6) is 0 Å². The van der Waals surface area contributed by atoms with Gasteiger partial charge in [-0.15, -0.1) is 0 Å². The first-order valence-corrected chi connectivity index (χ1v) is 4.47. The third-order valence-electron chi connectivity index (χ3n) is 1.52. The Labute approximate surface area is 96.6 Å². The molecule has 0 fully saturated rings. The van der Waals surface area contributed by atoms with Gasteiger partial charge < -0.3 is 15.2 Å². The van der Waals surface area contributed by atoms with Crippen LogP contribution in [0.3, 0.4) is 0 Å². The van der Waals surface area contributed by atoms with E-state index in [1.54, 1.807) is 5.32 Å². The molecule has 94 valence electrons. The van der Waals surface area contributed by atoms with Gasteiger partial charge in [0.15, 0.2) is 0 Å². The van der Waals surface area contributed by atoms with Crippen molar-refractivity contribution in [2.75, 3.05) is 7.11 Å². The predicted octanol–water partition coefficient (Wildman–Crippen LogP) is -0.985. The van der Waals surface area contributed by atoms with E-state index in [2.05, 4.69) is 10.1 Å². The van der Waals surface area contributed by atoms with E-state index >= 15 is 0 Å². The van der Waals surface area contributed by atoms with E-state index in [0.29, 0.717) is 12.2 Å². The van der Waals surface area contributed by atoms with Gasteiger partial charge in [-0.3, -0.25) is 10.1 Å². The predicted molar refractivity (Wildman–Crippen MR) is 54.9 cm³/mol. The van der Waals surface area contributed by atoms with Crippen LogP contribution in [0.4, 0.5) is 4.79 Å². The average molecular weight is 244 g/mol. The summed E-state index contributed by atoms with van der Waals surface area (Å²) in [6.45, 7) is 1.36. The lowest BCUT2D eigenvalue weighted by molar-refractivity contribution is -0.142. The van der Waals surface area contributed by atoms with Crippen molar-refractivity contribution in [1.82, 2.24) is 10.6 Å². The number of nitrogens with one attached hydrogen (secondary N) is 2. The van der Waals surface area contributed by atoms with E-state index in [1.807, 2.05) is 0 Å². The van der Waals surface area contributed by atoms with Gasteiger partial charge in [0.05, 0.1) is 7.11 Å². The molecule has 0 saturated carbocycles. The number of carbonyl (C=O) groups excluding carboxylic acids is 3. The van der Waals surface area contributed by atoms with E-state index in [4.69, 9.17) is 5.11 Å². The molecule has 0 radical (unpaired) electrons. The van der Waals surface area contributed by atoms with Crippen molar-refractivity contribution in [3.05, 3.63) is 12.2 Å². The fourth-order valence-corrected chi connectivity index (χ4v) is 0.769. The van der Waals surface area contributed by atoms with Gasteiger partial charge in [-0.25, -0.2) is 14.4 Å². The van der Waals surface area contributed by atoms with E-state index in [0.717, 1.165) is 7.11 Å². The monoisotopic (exact) mass is 244 g/mol. The average Bonchev–Trinajstić information content (AvgIpc) is 2.24. The largest absolute Gasteiger partial charge is 0.478 e. The minimum atomic E-state index is -1.32. The highest BCUT2D eigenvalue weighted by atomic mass is 16.5. The summed E-state index contributed by atoms with van der Waals surface area (Å²) in [5, 5.41) is 12.1. The van der Waals surface area contributed by atoms with Gasteiger partial charge in [-0.1, -0.05) is 0 Å². The summed E-state index contributed by atoms with van der Waals surface area (Å²) in [4.78, 5) is 43.0. The number of ether oxygens (including phenoxy) is 1. The van der Waals surface area contributed by atoms with E-state index in [1.165, 1.54) is 6.92 Å². The molecule has 0 aromatic heterocycles. The Morgan fingerprint density at radius 3 is 2.29 bits per heavy atom. The normalized spacial score (nSPS) is 11.6. The van der Waals surface area contributed by atoms with E-state index in [9.17, 15) is 19.2 Å². The van der Waals surface area contributed by atoms with Gasteiger partial charge in [0.2, 0.25) is 0 Å². The van der Waals surface area contributed by atoms with Gasteiger partial charge in [-0.05, 0) is 6.92 Å². The maximum atomic E-state index is 11.1. The molecular formula is C9H12N2O6. The number of imide groups is 1. The Morgan fingerprint density at radius 1 is 1.24 bits per heavy atom. The molecule has 0 aliphatic carbocycles. The first-order chi connectivity index (χ1) is 7.86. The van der Waals surface area contributed by atoms with Crippen molar-refractivity contribution in [2.45, 2.75) is 13.0 Å². The quantitative estimate of drug-likeness (QED) is 0.431. The summed E-state index contributed by atoms with van der Waals surface area (Å²) in [7, 11) is 1.15. The lowest BCUT2D eigenvalue weighted by Crippen LogP contribution is -2.46. The molecule has 8 heteroatoms. The zero-order valence-corrected chi connectivity index (χ0v) is 9.22. The molecule has 0 aromatic rings. The number of carboxylic acid groups (broad SMARTS) is 1. The van der Waals surface area contributed by atoms with Crippen LogP contribution in [0.15, 0.2) is 12.2 Å². The number of aliphatic carboxylic acids is 1. The van der Waals surface area contributed by atoms with Crippen molar-refractivity contribution in [2.24, 2.45) is 0 Å². The molecule has 0 bridgehead atoms. The summed E-state index contributed by atoms with van der Waals surface area (Å²) < 4.78 is 4.34. The molecule has 1 atom stereocenters. The zero-order chi connectivity index (χ0) is 13.4. The van der Waals surface area contributed by atoms with Gasteiger partial charge in [0, 0.05) is 12.2 Å². The number of carbonyl (C=O) groups is 4. The Balaban J connectivity index is 4.15. The molecule has 8 nitrogen and oxygen atoms in total. The molecule has 0 aromatic carbocycles. The minimum absolute atomic E-state index is 0.576. The van der Waals surface area contributed by atoms with Gasteiger partial charge >= 0.3 is 18.0 Å². The Kier molecular flexibility index (Phi) is 6.01. The third kappa shape index (κ3) is 6.66. The molecule has 3 N–H and O–H groups in total. The molecule has 0 heterocycles. The number of rotatable bonds is 4. The number of hydrogen-bond acceptors (Lipinski definition) is 5. The molecular weight excluding hydrogens is 232 g/mol. The number of urea groups is 1. The molecule has 17 heavy (non-hydrogen) atoms. The fraction of sp³-hybridized carbons (Fsp3) is 0.333. The summed E-state index contributed by atoms with van der Waals surface area (Å²) >= 11 is 0. The highest BCUT2D eigenvalue weighted by Crippen LogP contribution is 1.85. The van der Waals surface area contributed by atoms with Crippen LogP contribution in [0.25, 0.3) is 0 Å². The second-order valence-corrected chi connectivity index (χ2v) is 2.88. The second kappa shape index (κ2) is 6.99. The maximum absolute atomic E-state index is 11.1. The molecule has 1 unspecified atom stereocenters. The lowest BCUT2D eigenvalue weighted by Gasteiger charge is -2.10. The lowest BCUT2D eigenvalue weighted by atomic mass is 10.3. The molecule has 0 rings (SSSR count). The maximum Gasteiger partial charge on any atom is 0.328 e. The standard InChI is InChI=1S/C9H12N2O6/c1-5(8(15)17-2)10-9(16)11-6(12)3-4-7(13)14/h3-5H,1-2H3,(H,13,14)(H2,10,11,12,16)/b4-3+. The third-order valence-corrected chi connectivity index (χ3v) is 1.52. The molecule has 0 saturated heterocycles. The van der Waals surface area contributed by atoms with Crippen LogP contribution in [-0.4, -0.2) is 42.1 Å². The number of amides is 3. The van der Waals surface area contributed by atoms with E-state index < -0.39 is 29.9 Å². The zero-order valence-electron chi connectivity index (χ0n) is 9.22. The first-order valence-electron chi connectivity index (χ1n) is 4.47. The molecule has 0 spiro atoms. The Bertz CT molecular complexity index is 362. The first kappa shape index (κ1) is 14.6. The highest BCUT2D eigenvalue weighted by Gasteiger charge is 2.16. The summed E-state index contributed by atoms with van der Waals surface area (Å²) in [6.07, 6.45) is 1.25. The second-order valence-electron chi connectivity index (χ2n) is 2.88. The molecule has 0 aliphatic rings. The molecule has 0 aliphatic heterocycles.